The van der Waals surface area contributed by atoms with Gasteiger partial charge in [0.25, 0.3) is 11.8 Å². The van der Waals surface area contributed by atoms with Gasteiger partial charge in [-0.25, -0.2) is 0 Å². The third-order valence-corrected chi connectivity index (χ3v) is 4.60. The molecule has 1 N–H and O–H groups in total. The van der Waals surface area contributed by atoms with Gasteiger partial charge in [0, 0.05) is 29.0 Å². The molecular formula is C19H14BrN3O2S. The van der Waals surface area contributed by atoms with E-state index in [0.717, 1.165) is 15.6 Å². The van der Waals surface area contributed by atoms with E-state index >= 15 is 0 Å². The second-order valence-corrected chi connectivity index (χ2v) is 6.80. The van der Waals surface area contributed by atoms with E-state index in [4.69, 9.17) is 12.2 Å². The van der Waals surface area contributed by atoms with Crippen molar-refractivity contribution in [3.63, 3.8) is 0 Å². The van der Waals surface area contributed by atoms with Crippen LogP contribution in [-0.2, 0) is 9.59 Å². The third kappa shape index (κ3) is 3.63. The van der Waals surface area contributed by atoms with Crippen LogP contribution in [-0.4, -0.2) is 33.4 Å². The summed E-state index contributed by atoms with van der Waals surface area (Å²) in [5, 5.41) is 2.62. The minimum absolute atomic E-state index is 0.00435. The average Bonchev–Trinajstić information content (AvgIpc) is 2.62. The summed E-state index contributed by atoms with van der Waals surface area (Å²) in [5.41, 5.74) is 2.47. The van der Waals surface area contributed by atoms with Crippen LogP contribution in [0.15, 0.2) is 65.4 Å². The fourth-order valence-corrected chi connectivity index (χ4v) is 3.23. The summed E-state index contributed by atoms with van der Waals surface area (Å²) in [6.45, 7) is 3.84. The summed E-state index contributed by atoms with van der Waals surface area (Å²) >= 11 is 8.52. The van der Waals surface area contributed by atoms with Crippen LogP contribution in [0.5, 0.6) is 0 Å². The van der Waals surface area contributed by atoms with Gasteiger partial charge in [0.05, 0.1) is 0 Å². The minimum Gasteiger partial charge on any atom is -0.298 e. The zero-order chi connectivity index (χ0) is 18.7. The molecule has 5 nitrogen and oxygen atoms in total. The highest BCUT2D eigenvalue weighted by Gasteiger charge is 2.32. The fraction of sp³-hybridized carbons (Fsp3) is 0.0526. The van der Waals surface area contributed by atoms with E-state index in [1.165, 1.54) is 4.90 Å². The van der Waals surface area contributed by atoms with Crippen LogP contribution >= 0.6 is 28.1 Å². The number of amides is 2. The van der Waals surface area contributed by atoms with Crippen molar-refractivity contribution in [3.05, 3.63) is 71.0 Å². The molecule has 0 aliphatic carbocycles. The van der Waals surface area contributed by atoms with Crippen LogP contribution in [0.4, 0.5) is 0 Å². The maximum absolute atomic E-state index is 12.7. The first-order valence-electron chi connectivity index (χ1n) is 7.71. The molecule has 0 saturated carbocycles. The molecule has 0 atom stereocenters. The van der Waals surface area contributed by atoms with Gasteiger partial charge in [0.15, 0.2) is 5.11 Å². The number of rotatable bonds is 4. The first kappa shape index (κ1) is 18.2. The van der Waals surface area contributed by atoms with Crippen LogP contribution in [0, 0.1) is 0 Å². The van der Waals surface area contributed by atoms with Crippen molar-refractivity contribution in [1.29, 1.82) is 0 Å². The summed E-state index contributed by atoms with van der Waals surface area (Å²) < 4.78 is 0.930. The van der Waals surface area contributed by atoms with Crippen LogP contribution in [0.25, 0.3) is 17.2 Å². The standard InChI is InChI=1S/C19H14BrN3O2S/c1-2-8-23-18(25)16(17(24)22-19(23)26)10-13-11-21-7-6-15(13)12-4-3-5-14(20)9-12/h2-7,9-11H,1,8H2,(H,22,24,26)/b16-10+. The van der Waals surface area contributed by atoms with E-state index in [0.29, 0.717) is 5.56 Å². The molecule has 1 saturated heterocycles. The van der Waals surface area contributed by atoms with E-state index in [1.54, 1.807) is 24.5 Å². The van der Waals surface area contributed by atoms with Crippen molar-refractivity contribution < 1.29 is 9.59 Å². The highest BCUT2D eigenvalue weighted by molar-refractivity contribution is 9.10. The molecule has 0 spiro atoms. The van der Waals surface area contributed by atoms with E-state index in [9.17, 15) is 9.59 Å². The molecule has 2 amide bonds. The Morgan fingerprint density at radius 1 is 1.31 bits per heavy atom. The Hall–Kier alpha value is -2.64. The first-order chi connectivity index (χ1) is 12.5. The number of halogens is 1. The molecule has 1 aliphatic heterocycles. The zero-order valence-corrected chi connectivity index (χ0v) is 16.0. The molecule has 0 unspecified atom stereocenters. The second kappa shape index (κ2) is 7.72. The van der Waals surface area contributed by atoms with Crippen LogP contribution in [0.2, 0.25) is 0 Å². The maximum Gasteiger partial charge on any atom is 0.265 e. The van der Waals surface area contributed by atoms with Crippen molar-refractivity contribution in [2.24, 2.45) is 0 Å². The molecule has 7 heteroatoms. The Kier molecular flexibility index (Phi) is 5.39. The predicted molar refractivity (Wildman–Crippen MR) is 108 cm³/mol. The van der Waals surface area contributed by atoms with Gasteiger partial charge in [-0.2, -0.15) is 0 Å². The number of aromatic nitrogens is 1. The van der Waals surface area contributed by atoms with Gasteiger partial charge >= 0.3 is 0 Å². The molecule has 1 aromatic carbocycles. The Labute approximate surface area is 164 Å². The number of benzene rings is 1. The largest absolute Gasteiger partial charge is 0.298 e. The third-order valence-electron chi connectivity index (χ3n) is 3.78. The van der Waals surface area contributed by atoms with Gasteiger partial charge < -0.3 is 0 Å². The molecule has 2 aromatic rings. The lowest BCUT2D eigenvalue weighted by Gasteiger charge is -2.27. The summed E-state index contributed by atoms with van der Waals surface area (Å²) in [4.78, 5) is 30.4. The SMILES string of the molecule is C=CCN1C(=O)/C(=C/c2cnccc2-c2cccc(Br)c2)C(=O)NC1=S. The van der Waals surface area contributed by atoms with Gasteiger partial charge in [-0.1, -0.05) is 34.1 Å². The maximum atomic E-state index is 12.7. The second-order valence-electron chi connectivity index (χ2n) is 5.49. The predicted octanol–water partition coefficient (Wildman–Crippen LogP) is 3.32. The summed E-state index contributed by atoms with van der Waals surface area (Å²) in [5.74, 6) is -0.980. The van der Waals surface area contributed by atoms with E-state index in [1.807, 2.05) is 30.3 Å². The van der Waals surface area contributed by atoms with Crippen molar-refractivity contribution in [2.75, 3.05) is 6.54 Å². The Morgan fingerprint density at radius 2 is 2.12 bits per heavy atom. The van der Waals surface area contributed by atoms with Crippen molar-refractivity contribution >= 4 is 51.2 Å². The van der Waals surface area contributed by atoms with Gasteiger partial charge in [-0.05, 0) is 47.6 Å². The van der Waals surface area contributed by atoms with Crippen LogP contribution < -0.4 is 5.32 Å². The van der Waals surface area contributed by atoms with E-state index in [2.05, 4.69) is 32.8 Å². The Balaban J connectivity index is 2.07. The molecule has 130 valence electrons. The summed E-state index contributed by atoms with van der Waals surface area (Å²) in [7, 11) is 0. The molecule has 0 bridgehead atoms. The van der Waals surface area contributed by atoms with Gasteiger partial charge in [0.2, 0.25) is 0 Å². The van der Waals surface area contributed by atoms with Gasteiger partial charge in [-0.3, -0.25) is 24.8 Å². The topological polar surface area (TPSA) is 62.3 Å². The number of thiocarbonyl (C=S) groups is 1. The van der Waals surface area contributed by atoms with E-state index in [-0.39, 0.29) is 17.2 Å². The normalized spacial score (nSPS) is 16.0. The minimum atomic E-state index is -0.524. The monoisotopic (exact) mass is 427 g/mol. The molecule has 0 radical (unpaired) electrons. The quantitative estimate of drug-likeness (QED) is 0.351. The van der Waals surface area contributed by atoms with Crippen molar-refractivity contribution in [2.45, 2.75) is 0 Å². The lowest BCUT2D eigenvalue weighted by molar-refractivity contribution is -0.128. The molecule has 26 heavy (non-hydrogen) atoms. The van der Waals surface area contributed by atoms with Crippen LogP contribution in [0.3, 0.4) is 0 Å². The molecule has 3 rings (SSSR count). The fourth-order valence-electron chi connectivity index (χ4n) is 2.58. The molecule has 1 fully saturated rings. The zero-order valence-electron chi connectivity index (χ0n) is 13.6. The first-order valence-corrected chi connectivity index (χ1v) is 8.91. The highest BCUT2D eigenvalue weighted by Crippen LogP contribution is 2.28. The Morgan fingerprint density at radius 3 is 2.85 bits per heavy atom. The highest BCUT2D eigenvalue weighted by atomic mass is 79.9. The molecule has 1 aliphatic rings. The molecular weight excluding hydrogens is 414 g/mol. The lowest BCUT2D eigenvalue weighted by atomic mass is 9.99. The Bertz CT molecular complexity index is 955. The molecule has 2 heterocycles. The lowest BCUT2D eigenvalue weighted by Crippen LogP contribution is -2.53. The van der Waals surface area contributed by atoms with Gasteiger partial charge in [-0.15, -0.1) is 6.58 Å². The van der Waals surface area contributed by atoms with Crippen LogP contribution in [0.1, 0.15) is 5.56 Å². The van der Waals surface area contributed by atoms with Crippen molar-refractivity contribution in [3.8, 4) is 11.1 Å². The van der Waals surface area contributed by atoms with Crippen molar-refractivity contribution in [1.82, 2.24) is 15.2 Å². The molecule has 1 aromatic heterocycles. The number of carbonyl (C=O) groups excluding carboxylic acids is 2. The number of nitrogens with zero attached hydrogens (tertiary/aromatic N) is 2. The number of hydrogen-bond acceptors (Lipinski definition) is 4. The number of pyridine rings is 1. The number of nitrogens with one attached hydrogen (secondary N) is 1. The number of hydrogen-bond donors (Lipinski definition) is 1. The average molecular weight is 428 g/mol. The van der Waals surface area contributed by atoms with Gasteiger partial charge in [0.1, 0.15) is 5.57 Å². The summed E-state index contributed by atoms with van der Waals surface area (Å²) in [6, 6.07) is 9.59. The number of carbonyl (C=O) groups is 2. The summed E-state index contributed by atoms with van der Waals surface area (Å²) in [6.07, 6.45) is 6.38. The van der Waals surface area contributed by atoms with E-state index < -0.39 is 11.8 Å². The smallest absolute Gasteiger partial charge is 0.265 e.